The molecule has 0 aliphatic rings. The Morgan fingerprint density at radius 1 is 1.30 bits per heavy atom. The first-order valence-corrected chi connectivity index (χ1v) is 6.83. The van der Waals surface area contributed by atoms with Crippen LogP contribution in [0.2, 0.25) is 0 Å². The van der Waals surface area contributed by atoms with Crippen LogP contribution in [0, 0.1) is 0 Å². The number of hydrogen-bond acceptors (Lipinski definition) is 5. The van der Waals surface area contributed by atoms with Gasteiger partial charge in [0.25, 0.3) is 0 Å². The van der Waals surface area contributed by atoms with Gasteiger partial charge in [0, 0.05) is 6.61 Å². The number of hydrogen-bond donors (Lipinski definition) is 1. The van der Waals surface area contributed by atoms with Crippen molar-refractivity contribution in [3.05, 3.63) is 0 Å². The minimum absolute atomic E-state index is 0.0475. The van der Waals surface area contributed by atoms with Crippen molar-refractivity contribution in [3.8, 4) is 0 Å². The molecule has 1 atom stereocenters. The molecule has 1 amide bonds. The van der Waals surface area contributed by atoms with Gasteiger partial charge in [0.1, 0.15) is 17.9 Å². The van der Waals surface area contributed by atoms with Gasteiger partial charge in [0.05, 0.1) is 13.0 Å². The predicted octanol–water partition coefficient (Wildman–Crippen LogP) is 1.85. The molecule has 0 fully saturated rings. The van der Waals surface area contributed by atoms with E-state index in [0.717, 1.165) is 12.8 Å². The van der Waals surface area contributed by atoms with E-state index in [4.69, 9.17) is 9.47 Å². The zero-order chi connectivity index (χ0) is 15.6. The van der Waals surface area contributed by atoms with Crippen molar-refractivity contribution >= 4 is 18.2 Å². The molecule has 0 saturated carbocycles. The fourth-order valence-corrected chi connectivity index (χ4v) is 1.34. The molecule has 6 nitrogen and oxygen atoms in total. The normalized spacial score (nSPS) is 12.6. The molecule has 0 aliphatic carbocycles. The van der Waals surface area contributed by atoms with E-state index in [0.29, 0.717) is 12.9 Å². The Labute approximate surface area is 120 Å². The topological polar surface area (TPSA) is 81.7 Å². The summed E-state index contributed by atoms with van der Waals surface area (Å²) in [6.45, 7) is 7.77. The number of nitrogens with one attached hydrogen (secondary N) is 1. The molecular weight excluding hydrogens is 262 g/mol. The van der Waals surface area contributed by atoms with Gasteiger partial charge in [-0.15, -0.1) is 0 Å². The Hall–Kier alpha value is -1.43. The van der Waals surface area contributed by atoms with Crippen molar-refractivity contribution in [3.63, 3.8) is 0 Å². The molecule has 0 heterocycles. The Bertz CT molecular complexity index is 322. The maximum atomic E-state index is 11.7. The summed E-state index contributed by atoms with van der Waals surface area (Å²) in [5.74, 6) is -0.387. The molecule has 0 spiro atoms. The number of alkyl carbamates (subject to hydrolysis) is 1. The molecule has 0 radical (unpaired) electrons. The Morgan fingerprint density at radius 3 is 2.45 bits per heavy atom. The maximum absolute atomic E-state index is 11.7. The number of ether oxygens (including phenoxy) is 2. The number of carbonyl (C=O) groups is 3. The van der Waals surface area contributed by atoms with Crippen molar-refractivity contribution in [2.24, 2.45) is 0 Å². The van der Waals surface area contributed by atoms with E-state index in [1.165, 1.54) is 0 Å². The second kappa shape index (κ2) is 9.47. The van der Waals surface area contributed by atoms with Crippen LogP contribution in [0.3, 0.4) is 0 Å². The molecule has 0 unspecified atom stereocenters. The number of rotatable bonds is 9. The predicted molar refractivity (Wildman–Crippen MR) is 74.6 cm³/mol. The van der Waals surface area contributed by atoms with Crippen LogP contribution in [0.5, 0.6) is 0 Å². The third-order valence-electron chi connectivity index (χ3n) is 2.29. The van der Waals surface area contributed by atoms with Gasteiger partial charge in [-0.2, -0.15) is 0 Å². The molecule has 0 rings (SSSR count). The number of Topliss-reactive ketones (excluding diaryl/α,β-unsaturated/α-hetero) is 1. The number of amides is 1. The molecule has 0 aliphatic heterocycles. The molecule has 20 heavy (non-hydrogen) atoms. The van der Waals surface area contributed by atoms with Crippen molar-refractivity contribution in [1.29, 1.82) is 0 Å². The summed E-state index contributed by atoms with van der Waals surface area (Å²) in [5, 5.41) is 2.44. The SMILES string of the molecule is CCCCOC[C@@H](NC(=O)OC(C)(C)C)C(=O)CC=O. The number of ketones is 1. The molecule has 0 aromatic carbocycles. The Balaban J connectivity index is 4.40. The summed E-state index contributed by atoms with van der Waals surface area (Å²) < 4.78 is 10.4. The van der Waals surface area contributed by atoms with Crippen LogP contribution in [0.4, 0.5) is 4.79 Å². The van der Waals surface area contributed by atoms with E-state index in [2.05, 4.69) is 5.32 Å². The van der Waals surface area contributed by atoms with Gasteiger partial charge in [-0.25, -0.2) is 4.79 Å². The highest BCUT2D eigenvalue weighted by Gasteiger charge is 2.24. The van der Waals surface area contributed by atoms with Crippen LogP contribution < -0.4 is 5.32 Å². The van der Waals surface area contributed by atoms with Crippen LogP contribution in [0.25, 0.3) is 0 Å². The Kier molecular flexibility index (Phi) is 8.79. The molecule has 6 heteroatoms. The first-order chi connectivity index (χ1) is 9.30. The van der Waals surface area contributed by atoms with Crippen LogP contribution >= 0.6 is 0 Å². The highest BCUT2D eigenvalue weighted by Crippen LogP contribution is 2.07. The summed E-state index contributed by atoms with van der Waals surface area (Å²) in [4.78, 5) is 33.8. The fraction of sp³-hybridized carbons (Fsp3) is 0.786. The second-order valence-electron chi connectivity index (χ2n) is 5.46. The molecule has 0 aromatic heterocycles. The summed E-state index contributed by atoms with van der Waals surface area (Å²) >= 11 is 0. The van der Waals surface area contributed by atoms with Crippen molar-refractivity contribution in [2.45, 2.75) is 58.6 Å². The lowest BCUT2D eigenvalue weighted by atomic mass is 10.1. The molecule has 0 saturated heterocycles. The standard InChI is InChI=1S/C14H25NO5/c1-5-6-9-19-10-11(12(17)7-8-16)15-13(18)20-14(2,3)4/h8,11H,5-7,9-10H2,1-4H3,(H,15,18)/t11-/m1/s1. The van der Waals surface area contributed by atoms with Gasteiger partial charge in [-0.3, -0.25) is 4.79 Å². The highest BCUT2D eigenvalue weighted by atomic mass is 16.6. The van der Waals surface area contributed by atoms with E-state index in [1.807, 2.05) is 6.92 Å². The highest BCUT2D eigenvalue weighted by molar-refractivity contribution is 5.95. The fourth-order valence-electron chi connectivity index (χ4n) is 1.34. The van der Waals surface area contributed by atoms with E-state index in [-0.39, 0.29) is 18.8 Å². The second-order valence-corrected chi connectivity index (χ2v) is 5.46. The number of carbonyl (C=O) groups excluding carboxylic acids is 3. The van der Waals surface area contributed by atoms with E-state index in [1.54, 1.807) is 20.8 Å². The number of aldehydes is 1. The van der Waals surface area contributed by atoms with Gasteiger partial charge in [-0.05, 0) is 27.2 Å². The molecule has 0 bridgehead atoms. The van der Waals surface area contributed by atoms with Gasteiger partial charge in [-0.1, -0.05) is 13.3 Å². The first-order valence-electron chi connectivity index (χ1n) is 6.83. The average molecular weight is 287 g/mol. The molecule has 116 valence electrons. The minimum Gasteiger partial charge on any atom is -0.444 e. The van der Waals surface area contributed by atoms with E-state index < -0.39 is 17.7 Å². The summed E-state index contributed by atoms with van der Waals surface area (Å²) in [6.07, 6.45) is 1.42. The van der Waals surface area contributed by atoms with Gasteiger partial charge in [0.2, 0.25) is 0 Å². The van der Waals surface area contributed by atoms with Crippen LogP contribution in [0.15, 0.2) is 0 Å². The third kappa shape index (κ3) is 9.49. The molecule has 0 aromatic rings. The third-order valence-corrected chi connectivity index (χ3v) is 2.29. The largest absolute Gasteiger partial charge is 0.444 e. The molecule has 1 N–H and O–H groups in total. The van der Waals surface area contributed by atoms with E-state index >= 15 is 0 Å². The quantitative estimate of drug-likeness (QED) is 0.397. The average Bonchev–Trinajstić information content (AvgIpc) is 2.31. The molecular formula is C14H25NO5. The Morgan fingerprint density at radius 2 is 1.95 bits per heavy atom. The summed E-state index contributed by atoms with van der Waals surface area (Å²) in [5.41, 5.74) is -0.647. The first kappa shape index (κ1) is 18.6. The van der Waals surface area contributed by atoms with Crippen molar-refractivity contribution in [2.75, 3.05) is 13.2 Å². The summed E-state index contributed by atoms with van der Waals surface area (Å²) in [7, 11) is 0. The summed E-state index contributed by atoms with van der Waals surface area (Å²) in [6, 6.07) is -0.855. The van der Waals surface area contributed by atoms with Gasteiger partial charge >= 0.3 is 6.09 Å². The zero-order valence-corrected chi connectivity index (χ0v) is 12.7. The van der Waals surface area contributed by atoms with Crippen LogP contribution in [0.1, 0.15) is 47.0 Å². The lowest BCUT2D eigenvalue weighted by Gasteiger charge is -2.22. The van der Waals surface area contributed by atoms with Crippen molar-refractivity contribution in [1.82, 2.24) is 5.32 Å². The number of unbranched alkanes of at least 4 members (excludes halogenated alkanes) is 1. The monoisotopic (exact) mass is 287 g/mol. The van der Waals surface area contributed by atoms with Crippen LogP contribution in [-0.4, -0.2) is 43.0 Å². The van der Waals surface area contributed by atoms with Crippen molar-refractivity contribution < 1.29 is 23.9 Å². The lowest BCUT2D eigenvalue weighted by Crippen LogP contribution is -2.46. The zero-order valence-electron chi connectivity index (χ0n) is 12.7. The smallest absolute Gasteiger partial charge is 0.408 e. The van der Waals surface area contributed by atoms with Gasteiger partial charge in [0.15, 0.2) is 5.78 Å². The van der Waals surface area contributed by atoms with E-state index in [9.17, 15) is 14.4 Å². The minimum atomic E-state index is -0.855. The van der Waals surface area contributed by atoms with Gasteiger partial charge < -0.3 is 19.6 Å². The van der Waals surface area contributed by atoms with Crippen LogP contribution in [-0.2, 0) is 19.1 Å². The maximum Gasteiger partial charge on any atom is 0.408 e. The lowest BCUT2D eigenvalue weighted by molar-refractivity contribution is -0.125.